The van der Waals surface area contributed by atoms with Crippen molar-refractivity contribution in [1.82, 2.24) is 9.55 Å². The van der Waals surface area contributed by atoms with Gasteiger partial charge >= 0.3 is 14.3 Å². The SMILES string of the molecule is Cc1cn([C@H]2C[C@@H]3O[Si](C(C)(C)C)(C(C)(C)C)OC[C@H]3O2)c(=O)[nH]c1=O. The number of rotatable bonds is 1. The Morgan fingerprint density at radius 2 is 1.73 bits per heavy atom. The zero-order valence-corrected chi connectivity index (χ0v) is 17.7. The van der Waals surface area contributed by atoms with Gasteiger partial charge in [-0.2, -0.15) is 0 Å². The van der Waals surface area contributed by atoms with E-state index in [-0.39, 0.29) is 27.8 Å². The van der Waals surface area contributed by atoms with Crippen molar-refractivity contribution in [2.75, 3.05) is 6.61 Å². The molecule has 146 valence electrons. The summed E-state index contributed by atoms with van der Waals surface area (Å²) in [7, 11) is -2.56. The van der Waals surface area contributed by atoms with Crippen molar-refractivity contribution in [2.24, 2.45) is 0 Å². The molecule has 0 aromatic carbocycles. The third kappa shape index (κ3) is 3.02. The van der Waals surface area contributed by atoms with Crippen molar-refractivity contribution in [3.63, 3.8) is 0 Å². The van der Waals surface area contributed by atoms with Gasteiger partial charge in [0.15, 0.2) is 0 Å². The first-order valence-electron chi connectivity index (χ1n) is 9.15. The Bertz CT molecular complexity index is 788. The van der Waals surface area contributed by atoms with Gasteiger partial charge in [-0.3, -0.25) is 14.3 Å². The lowest BCUT2D eigenvalue weighted by atomic mass is 10.2. The molecule has 0 radical (unpaired) electrons. The van der Waals surface area contributed by atoms with Crippen LogP contribution in [0.4, 0.5) is 0 Å². The number of aromatic amines is 1. The predicted octanol–water partition coefficient (Wildman–Crippen LogP) is 2.59. The number of fused-ring (bicyclic) bond motifs is 1. The van der Waals surface area contributed by atoms with Crippen molar-refractivity contribution in [2.45, 2.75) is 83.4 Å². The molecule has 0 unspecified atom stereocenters. The highest BCUT2D eigenvalue weighted by atomic mass is 28.4. The van der Waals surface area contributed by atoms with Crippen LogP contribution in [-0.4, -0.2) is 36.9 Å². The minimum absolute atomic E-state index is 0.0975. The second-order valence-corrected chi connectivity index (χ2v) is 14.2. The van der Waals surface area contributed by atoms with Crippen LogP contribution < -0.4 is 11.2 Å². The molecule has 1 N–H and O–H groups in total. The number of H-pyrrole nitrogens is 1. The summed E-state index contributed by atoms with van der Waals surface area (Å²) in [5.41, 5.74) is -0.346. The first kappa shape index (κ1) is 19.5. The molecule has 2 aliphatic heterocycles. The molecule has 26 heavy (non-hydrogen) atoms. The molecule has 2 saturated heterocycles. The quantitative estimate of drug-likeness (QED) is 0.755. The van der Waals surface area contributed by atoms with E-state index in [9.17, 15) is 9.59 Å². The largest absolute Gasteiger partial charge is 0.391 e. The average Bonchev–Trinajstić information content (AvgIpc) is 2.91. The Morgan fingerprint density at radius 1 is 1.12 bits per heavy atom. The summed E-state index contributed by atoms with van der Waals surface area (Å²) in [5, 5.41) is -0.195. The molecule has 0 saturated carbocycles. The highest BCUT2D eigenvalue weighted by molar-refractivity contribution is 6.73. The summed E-state index contributed by atoms with van der Waals surface area (Å²) in [4.78, 5) is 26.1. The van der Waals surface area contributed by atoms with Crippen LogP contribution in [0.5, 0.6) is 0 Å². The fraction of sp³-hybridized carbons (Fsp3) is 0.778. The lowest BCUT2D eigenvalue weighted by Gasteiger charge is -2.53. The van der Waals surface area contributed by atoms with Crippen LogP contribution in [0.3, 0.4) is 0 Å². The van der Waals surface area contributed by atoms with E-state index in [4.69, 9.17) is 13.6 Å². The summed E-state index contributed by atoms with van der Waals surface area (Å²) >= 11 is 0. The summed E-state index contributed by atoms with van der Waals surface area (Å²) in [6, 6.07) is 0. The van der Waals surface area contributed by atoms with Gasteiger partial charge in [-0.15, -0.1) is 0 Å². The zero-order valence-electron chi connectivity index (χ0n) is 16.7. The van der Waals surface area contributed by atoms with Gasteiger partial charge in [0.1, 0.15) is 12.3 Å². The molecule has 3 atom stereocenters. The average molecular weight is 383 g/mol. The molecule has 2 aliphatic rings. The van der Waals surface area contributed by atoms with E-state index in [0.29, 0.717) is 18.6 Å². The van der Waals surface area contributed by atoms with Crippen LogP contribution in [0.1, 0.15) is 59.8 Å². The fourth-order valence-corrected chi connectivity index (χ4v) is 9.27. The zero-order chi connectivity index (χ0) is 19.5. The van der Waals surface area contributed by atoms with Gasteiger partial charge in [0.05, 0.1) is 12.7 Å². The highest BCUT2D eigenvalue weighted by Crippen LogP contribution is 2.55. The van der Waals surface area contributed by atoms with E-state index >= 15 is 0 Å². The highest BCUT2D eigenvalue weighted by Gasteiger charge is 2.63. The second kappa shape index (κ2) is 6.15. The Morgan fingerprint density at radius 3 is 2.31 bits per heavy atom. The van der Waals surface area contributed by atoms with Gasteiger partial charge in [0, 0.05) is 28.3 Å². The van der Waals surface area contributed by atoms with Crippen molar-refractivity contribution >= 4 is 8.56 Å². The third-order valence-electron chi connectivity index (χ3n) is 5.38. The number of aromatic nitrogens is 2. The first-order valence-corrected chi connectivity index (χ1v) is 11.0. The molecule has 0 aliphatic carbocycles. The van der Waals surface area contributed by atoms with Crippen LogP contribution in [0.25, 0.3) is 0 Å². The summed E-state index contributed by atoms with van der Waals surface area (Å²) in [5.74, 6) is 0. The van der Waals surface area contributed by atoms with Crippen LogP contribution in [0.2, 0.25) is 10.1 Å². The minimum Gasteiger partial charge on any atom is -0.391 e. The van der Waals surface area contributed by atoms with E-state index in [1.165, 1.54) is 4.57 Å². The van der Waals surface area contributed by atoms with Crippen molar-refractivity contribution < 1.29 is 13.6 Å². The number of ether oxygens (including phenoxy) is 1. The van der Waals surface area contributed by atoms with E-state index in [1.54, 1.807) is 13.1 Å². The number of aryl methyl sites for hydroxylation is 1. The van der Waals surface area contributed by atoms with E-state index < -0.39 is 20.5 Å². The number of hydrogen-bond donors (Lipinski definition) is 1. The molecule has 0 spiro atoms. The molecule has 7 nitrogen and oxygen atoms in total. The monoisotopic (exact) mass is 382 g/mol. The molecule has 1 aromatic heterocycles. The normalized spacial score (nSPS) is 28.8. The van der Waals surface area contributed by atoms with Crippen LogP contribution in [0, 0.1) is 6.92 Å². The maximum absolute atomic E-state index is 12.2. The first-order chi connectivity index (χ1) is 11.9. The number of nitrogens with zero attached hydrogens (tertiary/aromatic N) is 1. The van der Waals surface area contributed by atoms with Crippen LogP contribution >= 0.6 is 0 Å². The lowest BCUT2D eigenvalue weighted by molar-refractivity contribution is -0.0809. The Hall–Kier alpha value is -1.22. The minimum atomic E-state index is -2.56. The lowest BCUT2D eigenvalue weighted by Crippen LogP contribution is -2.64. The molecule has 3 rings (SSSR count). The molecule has 0 bridgehead atoms. The molecule has 8 heteroatoms. The van der Waals surface area contributed by atoms with E-state index in [1.807, 2.05) is 0 Å². The Kier molecular flexibility index (Phi) is 4.62. The molecule has 0 amide bonds. The van der Waals surface area contributed by atoms with E-state index in [2.05, 4.69) is 46.5 Å². The van der Waals surface area contributed by atoms with Gasteiger partial charge < -0.3 is 13.6 Å². The van der Waals surface area contributed by atoms with Gasteiger partial charge in [-0.25, -0.2) is 4.79 Å². The summed E-state index contributed by atoms with van der Waals surface area (Å²) < 4.78 is 20.6. The van der Waals surface area contributed by atoms with Crippen molar-refractivity contribution in [1.29, 1.82) is 0 Å². The van der Waals surface area contributed by atoms with Gasteiger partial charge in [0.25, 0.3) is 5.56 Å². The smallest absolute Gasteiger partial charge is 0.349 e. The van der Waals surface area contributed by atoms with Gasteiger partial charge in [-0.1, -0.05) is 41.5 Å². The Labute approximate surface area is 154 Å². The van der Waals surface area contributed by atoms with Crippen molar-refractivity contribution in [3.05, 3.63) is 32.6 Å². The van der Waals surface area contributed by atoms with Gasteiger partial charge in [0.2, 0.25) is 0 Å². The topological polar surface area (TPSA) is 82.6 Å². The number of hydrogen-bond acceptors (Lipinski definition) is 5. The molecular weight excluding hydrogens is 352 g/mol. The fourth-order valence-electron chi connectivity index (χ4n) is 4.30. The number of nitrogens with one attached hydrogen (secondary N) is 1. The molecule has 3 heterocycles. The maximum atomic E-state index is 12.2. The van der Waals surface area contributed by atoms with Crippen LogP contribution in [-0.2, 0) is 13.6 Å². The summed E-state index contributed by atoms with van der Waals surface area (Å²) in [6.45, 7) is 15.2. The summed E-state index contributed by atoms with van der Waals surface area (Å²) in [6.07, 6.45) is 1.35. The predicted molar refractivity (Wildman–Crippen MR) is 101 cm³/mol. The third-order valence-corrected chi connectivity index (χ3v) is 10.5. The molecule has 1 aromatic rings. The standard InChI is InChI=1S/C18H30N2O5Si/c1-11-9-20(16(22)19-15(11)21)14-8-12-13(24-14)10-23-26(25-12,17(2,3)4)18(5,6)7/h9,12-14H,8,10H2,1-7H3,(H,19,21,22)/t12-,13+,14+/m0/s1. The molecular formula is C18H30N2O5Si. The van der Waals surface area contributed by atoms with E-state index in [0.717, 1.165) is 0 Å². The second-order valence-electron chi connectivity index (χ2n) is 9.43. The van der Waals surface area contributed by atoms with Crippen molar-refractivity contribution in [3.8, 4) is 0 Å². The van der Waals surface area contributed by atoms with Crippen LogP contribution in [0.15, 0.2) is 15.8 Å². The molecule has 2 fully saturated rings. The Balaban J connectivity index is 1.90. The van der Waals surface area contributed by atoms with Gasteiger partial charge in [-0.05, 0) is 6.92 Å². The maximum Gasteiger partial charge on any atom is 0.349 e.